The van der Waals surface area contributed by atoms with Crippen molar-refractivity contribution in [1.29, 1.82) is 0 Å². The Labute approximate surface area is 116 Å². The summed E-state index contributed by atoms with van der Waals surface area (Å²) >= 11 is 2.06. The minimum absolute atomic E-state index is 0.541. The molecule has 0 fully saturated rings. The van der Waals surface area contributed by atoms with Crippen LogP contribution in [0.3, 0.4) is 0 Å². The number of hydrogen-bond acceptors (Lipinski definition) is 3. The molecule has 3 heteroatoms. The fourth-order valence-corrected chi connectivity index (χ4v) is 2.74. The van der Waals surface area contributed by atoms with Crippen LogP contribution in [0.1, 0.15) is 39.3 Å². The molecule has 0 spiro atoms. The number of aromatic nitrogens is 1. The van der Waals surface area contributed by atoms with E-state index < -0.39 is 0 Å². The van der Waals surface area contributed by atoms with E-state index in [1.807, 2.05) is 12.3 Å². The van der Waals surface area contributed by atoms with Crippen LogP contribution in [0.2, 0.25) is 0 Å². The van der Waals surface area contributed by atoms with E-state index in [9.17, 15) is 0 Å². The molecule has 2 unspecified atom stereocenters. The van der Waals surface area contributed by atoms with Crippen molar-refractivity contribution in [3.8, 4) is 0 Å². The average Bonchev–Trinajstić information content (AvgIpc) is 2.42. The van der Waals surface area contributed by atoms with Crippen LogP contribution in [0.4, 0.5) is 0 Å². The predicted octanol–water partition coefficient (Wildman–Crippen LogP) is 3.52. The molecule has 1 rings (SSSR count). The van der Waals surface area contributed by atoms with Crippen LogP contribution < -0.4 is 5.32 Å². The summed E-state index contributed by atoms with van der Waals surface area (Å²) in [5.74, 6) is 1.17. The molecule has 102 valence electrons. The van der Waals surface area contributed by atoms with Crippen molar-refractivity contribution in [1.82, 2.24) is 10.3 Å². The van der Waals surface area contributed by atoms with Crippen LogP contribution in [0.15, 0.2) is 24.4 Å². The number of rotatable bonds is 9. The van der Waals surface area contributed by atoms with Crippen molar-refractivity contribution >= 4 is 11.8 Å². The highest BCUT2D eigenvalue weighted by Gasteiger charge is 2.11. The molecule has 0 aliphatic carbocycles. The fourth-order valence-electron chi connectivity index (χ4n) is 1.71. The smallest absolute Gasteiger partial charge is 0.0419 e. The van der Waals surface area contributed by atoms with E-state index in [4.69, 9.17) is 0 Å². The summed E-state index contributed by atoms with van der Waals surface area (Å²) in [7, 11) is 0. The fraction of sp³-hybridized carbons (Fsp3) is 0.667. The van der Waals surface area contributed by atoms with Gasteiger partial charge in [0.25, 0.3) is 0 Å². The Morgan fingerprint density at radius 2 is 2.17 bits per heavy atom. The average molecular weight is 266 g/mol. The highest BCUT2D eigenvalue weighted by Crippen LogP contribution is 2.16. The summed E-state index contributed by atoms with van der Waals surface area (Å²) in [6, 6.07) is 6.71. The van der Waals surface area contributed by atoms with Gasteiger partial charge >= 0.3 is 0 Å². The molecular formula is C15H26N2S. The van der Waals surface area contributed by atoms with Crippen LogP contribution in [0, 0.1) is 0 Å². The Morgan fingerprint density at radius 1 is 1.33 bits per heavy atom. The predicted molar refractivity (Wildman–Crippen MR) is 82.2 cm³/mol. The van der Waals surface area contributed by atoms with Gasteiger partial charge in [0.05, 0.1) is 0 Å². The number of nitrogens with zero attached hydrogens (tertiary/aromatic N) is 1. The van der Waals surface area contributed by atoms with Crippen molar-refractivity contribution in [3.05, 3.63) is 30.1 Å². The minimum Gasteiger partial charge on any atom is -0.313 e. The van der Waals surface area contributed by atoms with Crippen LogP contribution in [0.5, 0.6) is 0 Å². The molecule has 1 aromatic heterocycles. The largest absolute Gasteiger partial charge is 0.313 e. The number of pyridine rings is 1. The second-order valence-corrected chi connectivity index (χ2v) is 6.20. The van der Waals surface area contributed by atoms with Crippen molar-refractivity contribution in [3.63, 3.8) is 0 Å². The second-order valence-electron chi connectivity index (χ2n) is 4.73. The lowest BCUT2D eigenvalue weighted by molar-refractivity contribution is 0.544. The Kier molecular flexibility index (Phi) is 8.10. The van der Waals surface area contributed by atoms with E-state index in [-0.39, 0.29) is 0 Å². The Morgan fingerprint density at radius 3 is 2.78 bits per heavy atom. The van der Waals surface area contributed by atoms with Crippen molar-refractivity contribution < 1.29 is 0 Å². The summed E-state index contributed by atoms with van der Waals surface area (Å²) in [5, 5.41) is 4.39. The first kappa shape index (κ1) is 15.5. The number of nitrogens with one attached hydrogen (secondary N) is 1. The van der Waals surface area contributed by atoms with Gasteiger partial charge in [0.15, 0.2) is 0 Å². The maximum atomic E-state index is 4.42. The van der Waals surface area contributed by atoms with Gasteiger partial charge in [-0.25, -0.2) is 0 Å². The Bertz CT molecular complexity index is 303. The quantitative estimate of drug-likeness (QED) is 0.740. The van der Waals surface area contributed by atoms with Gasteiger partial charge < -0.3 is 5.32 Å². The van der Waals surface area contributed by atoms with E-state index in [1.54, 1.807) is 0 Å². The molecule has 2 atom stereocenters. The van der Waals surface area contributed by atoms with Gasteiger partial charge in [-0.15, -0.1) is 0 Å². The van der Waals surface area contributed by atoms with Gasteiger partial charge in [0, 0.05) is 35.4 Å². The Hall–Kier alpha value is -0.540. The molecule has 2 nitrogen and oxygen atoms in total. The van der Waals surface area contributed by atoms with Crippen LogP contribution in [0.25, 0.3) is 0 Å². The number of thioether (sulfide) groups is 1. The third-order valence-corrected chi connectivity index (χ3v) is 4.52. The third kappa shape index (κ3) is 6.41. The molecule has 0 radical (unpaired) electrons. The molecular weight excluding hydrogens is 240 g/mol. The first-order valence-corrected chi connectivity index (χ1v) is 8.06. The molecule has 1 N–H and O–H groups in total. The van der Waals surface area contributed by atoms with Crippen LogP contribution >= 0.6 is 11.8 Å². The third-order valence-electron chi connectivity index (χ3n) is 3.02. The summed E-state index contributed by atoms with van der Waals surface area (Å²) < 4.78 is 0. The zero-order chi connectivity index (χ0) is 13.2. The zero-order valence-electron chi connectivity index (χ0n) is 11.9. The molecule has 0 aliphatic rings. The summed E-state index contributed by atoms with van der Waals surface area (Å²) in [6.07, 6.45) is 5.35. The highest BCUT2D eigenvalue weighted by atomic mass is 32.2. The van der Waals surface area contributed by atoms with Gasteiger partial charge in [0.1, 0.15) is 0 Å². The summed E-state index contributed by atoms with van der Waals surface area (Å²) in [4.78, 5) is 4.42. The lowest BCUT2D eigenvalue weighted by Gasteiger charge is -2.19. The van der Waals surface area contributed by atoms with Crippen LogP contribution in [-0.4, -0.2) is 28.6 Å². The zero-order valence-corrected chi connectivity index (χ0v) is 12.7. The lowest BCUT2D eigenvalue weighted by atomic mass is 10.1. The minimum atomic E-state index is 0.541. The van der Waals surface area contributed by atoms with Gasteiger partial charge in [-0.1, -0.05) is 26.8 Å². The van der Waals surface area contributed by atoms with Crippen molar-refractivity contribution in [2.75, 3.05) is 12.3 Å². The standard InChI is InChI=1S/C15H26N2S/c1-4-9-16-15(12-18-13(3)5-2)11-14-8-6-7-10-17-14/h6-8,10,13,15-16H,4-5,9,11-12H2,1-3H3. The highest BCUT2D eigenvalue weighted by molar-refractivity contribution is 7.99. The molecule has 0 aliphatic heterocycles. The molecule has 0 amide bonds. The topological polar surface area (TPSA) is 24.9 Å². The van der Waals surface area contributed by atoms with Crippen LogP contribution in [-0.2, 0) is 6.42 Å². The van der Waals surface area contributed by atoms with E-state index in [1.165, 1.54) is 24.3 Å². The SMILES string of the molecule is CCCNC(CSC(C)CC)Cc1ccccn1. The molecule has 0 saturated carbocycles. The van der Waals surface area contributed by atoms with Gasteiger partial charge in [-0.2, -0.15) is 11.8 Å². The lowest BCUT2D eigenvalue weighted by Crippen LogP contribution is -2.34. The van der Waals surface area contributed by atoms with E-state index in [0.717, 1.165) is 18.2 Å². The van der Waals surface area contributed by atoms with Gasteiger partial charge in [-0.05, 0) is 31.5 Å². The number of hydrogen-bond donors (Lipinski definition) is 1. The molecule has 0 aromatic carbocycles. The van der Waals surface area contributed by atoms with E-state index in [0.29, 0.717) is 6.04 Å². The summed E-state index contributed by atoms with van der Waals surface area (Å²) in [5.41, 5.74) is 1.19. The van der Waals surface area contributed by atoms with Gasteiger partial charge in [0.2, 0.25) is 0 Å². The first-order chi connectivity index (χ1) is 8.76. The molecule has 1 heterocycles. The maximum absolute atomic E-state index is 4.42. The molecule has 1 aromatic rings. The Balaban J connectivity index is 2.44. The van der Waals surface area contributed by atoms with Gasteiger partial charge in [-0.3, -0.25) is 4.98 Å². The van der Waals surface area contributed by atoms with Crippen molar-refractivity contribution in [2.24, 2.45) is 0 Å². The molecule has 18 heavy (non-hydrogen) atoms. The summed E-state index contributed by atoms with van der Waals surface area (Å²) in [6.45, 7) is 7.87. The van der Waals surface area contributed by atoms with Crippen molar-refractivity contribution in [2.45, 2.75) is 51.3 Å². The van der Waals surface area contributed by atoms with E-state index >= 15 is 0 Å². The maximum Gasteiger partial charge on any atom is 0.0419 e. The van der Waals surface area contributed by atoms with E-state index in [2.05, 4.69) is 55.0 Å². The monoisotopic (exact) mass is 266 g/mol. The normalized spacial score (nSPS) is 14.4. The second kappa shape index (κ2) is 9.40. The molecule has 0 saturated heterocycles. The first-order valence-electron chi connectivity index (χ1n) is 7.01. The molecule has 0 bridgehead atoms.